The van der Waals surface area contributed by atoms with Gasteiger partial charge in [-0.25, -0.2) is 0 Å². The number of nitrogens with zero attached hydrogens (tertiary/aromatic N) is 1. The van der Waals surface area contributed by atoms with E-state index in [1.807, 2.05) is 6.92 Å². The smallest absolute Gasteiger partial charge is 0.339 e. The van der Waals surface area contributed by atoms with E-state index in [2.05, 4.69) is 0 Å². The van der Waals surface area contributed by atoms with Gasteiger partial charge in [-0.15, -0.1) is 0 Å². The second kappa shape index (κ2) is 6.28. The lowest BCUT2D eigenvalue weighted by molar-refractivity contribution is 0.0994. The van der Waals surface area contributed by atoms with Crippen LogP contribution in [-0.2, 0) is 10.1 Å². The molecule has 0 aromatic heterocycles. The van der Waals surface area contributed by atoms with Crippen LogP contribution in [0.3, 0.4) is 0 Å². The predicted molar refractivity (Wildman–Crippen MR) is 102 cm³/mol. The van der Waals surface area contributed by atoms with Crippen LogP contribution in [0.5, 0.6) is 11.5 Å². The lowest BCUT2D eigenvalue weighted by Crippen LogP contribution is -2.25. The van der Waals surface area contributed by atoms with Gasteiger partial charge in [0, 0.05) is 22.9 Å². The van der Waals surface area contributed by atoms with Gasteiger partial charge in [0.25, 0.3) is 5.91 Å². The second-order valence-corrected chi connectivity index (χ2v) is 7.56. The van der Waals surface area contributed by atoms with Gasteiger partial charge >= 0.3 is 10.1 Å². The largest absolute Gasteiger partial charge is 0.493 e. The summed E-state index contributed by atoms with van der Waals surface area (Å²) < 4.78 is 36.5. The van der Waals surface area contributed by atoms with E-state index in [-0.39, 0.29) is 16.6 Å². The topological polar surface area (TPSA) is 72.9 Å². The SMILES string of the molecule is CCN1C(=O)c2cccc3c(S(=O)(=O)Oc4ccccc4OC)ccc1c23. The van der Waals surface area contributed by atoms with Gasteiger partial charge in [0.05, 0.1) is 12.8 Å². The Kier molecular flexibility index (Phi) is 4.04. The van der Waals surface area contributed by atoms with Gasteiger partial charge in [-0.05, 0) is 37.3 Å². The maximum absolute atomic E-state index is 13.0. The summed E-state index contributed by atoms with van der Waals surface area (Å²) in [5, 5.41) is 1.10. The molecule has 0 fully saturated rings. The van der Waals surface area contributed by atoms with E-state index in [4.69, 9.17) is 8.92 Å². The van der Waals surface area contributed by atoms with Crippen LogP contribution >= 0.6 is 0 Å². The summed E-state index contributed by atoms with van der Waals surface area (Å²) >= 11 is 0. The summed E-state index contributed by atoms with van der Waals surface area (Å²) in [6.45, 7) is 2.39. The number of carbonyl (C=O) groups excluding carboxylic acids is 1. The average molecular weight is 383 g/mol. The van der Waals surface area contributed by atoms with Gasteiger partial charge in [0.2, 0.25) is 0 Å². The Morgan fingerprint density at radius 1 is 0.963 bits per heavy atom. The van der Waals surface area contributed by atoms with Crippen LogP contribution in [-0.4, -0.2) is 28.0 Å². The Hall–Kier alpha value is -3.06. The monoisotopic (exact) mass is 383 g/mol. The van der Waals surface area contributed by atoms with E-state index in [0.717, 1.165) is 0 Å². The predicted octanol–water partition coefficient (Wildman–Crippen LogP) is 3.60. The summed E-state index contributed by atoms with van der Waals surface area (Å²) in [5.41, 5.74) is 1.21. The summed E-state index contributed by atoms with van der Waals surface area (Å²) in [7, 11) is -2.69. The van der Waals surface area contributed by atoms with Gasteiger partial charge in [-0.3, -0.25) is 4.79 Å². The quantitative estimate of drug-likeness (QED) is 0.630. The number of anilines is 1. The molecule has 0 unspecified atom stereocenters. The Bertz CT molecular complexity index is 1170. The first-order chi connectivity index (χ1) is 13.0. The van der Waals surface area contributed by atoms with Crippen molar-refractivity contribution in [3.63, 3.8) is 0 Å². The van der Waals surface area contributed by atoms with E-state index < -0.39 is 10.1 Å². The highest BCUT2D eigenvalue weighted by molar-refractivity contribution is 7.87. The number of amides is 1. The molecule has 0 aliphatic carbocycles. The summed E-state index contributed by atoms with van der Waals surface area (Å²) in [6, 6.07) is 14.7. The molecule has 1 aliphatic heterocycles. The number of methoxy groups -OCH3 is 1. The molecule has 1 heterocycles. The number of hydrogen-bond donors (Lipinski definition) is 0. The van der Waals surface area contributed by atoms with Gasteiger partial charge in [-0.2, -0.15) is 8.42 Å². The first-order valence-corrected chi connectivity index (χ1v) is 9.84. The molecule has 7 heteroatoms. The molecule has 0 N–H and O–H groups in total. The van der Waals surface area contributed by atoms with Crippen LogP contribution in [0.1, 0.15) is 17.3 Å². The van der Waals surface area contributed by atoms with Gasteiger partial charge in [-0.1, -0.05) is 24.3 Å². The van der Waals surface area contributed by atoms with Crippen LogP contribution < -0.4 is 13.8 Å². The maximum atomic E-state index is 13.0. The van der Waals surface area contributed by atoms with Gasteiger partial charge in [0.1, 0.15) is 4.90 Å². The van der Waals surface area contributed by atoms with Crippen LogP contribution in [0, 0.1) is 0 Å². The zero-order chi connectivity index (χ0) is 19.2. The molecule has 3 aromatic rings. The number of benzene rings is 3. The lowest BCUT2D eigenvalue weighted by Gasteiger charge is -2.16. The van der Waals surface area contributed by atoms with Crippen LogP contribution in [0.4, 0.5) is 5.69 Å². The third-order valence-corrected chi connectivity index (χ3v) is 5.89. The fraction of sp³-hybridized carbons (Fsp3) is 0.150. The van der Waals surface area contributed by atoms with Crippen LogP contribution in [0.15, 0.2) is 59.5 Å². The van der Waals surface area contributed by atoms with Crippen molar-refractivity contribution in [1.29, 1.82) is 0 Å². The Balaban J connectivity index is 1.88. The molecule has 0 bridgehead atoms. The molecular formula is C20H17NO5S. The molecule has 138 valence electrons. The summed E-state index contributed by atoms with van der Waals surface area (Å²) in [6.07, 6.45) is 0. The third-order valence-electron chi connectivity index (χ3n) is 4.60. The molecule has 0 radical (unpaired) electrons. The highest BCUT2D eigenvalue weighted by Crippen LogP contribution is 2.40. The number of ether oxygens (including phenoxy) is 1. The van der Waals surface area contributed by atoms with E-state index in [9.17, 15) is 13.2 Å². The molecule has 0 spiro atoms. The molecule has 1 amide bonds. The summed E-state index contributed by atoms with van der Waals surface area (Å²) in [4.78, 5) is 14.2. The fourth-order valence-corrected chi connectivity index (χ4v) is 4.54. The second-order valence-electron chi connectivity index (χ2n) is 6.05. The van der Waals surface area contributed by atoms with E-state index >= 15 is 0 Å². The van der Waals surface area contributed by atoms with Crippen molar-refractivity contribution >= 4 is 32.5 Å². The van der Waals surface area contributed by atoms with Gasteiger partial charge in [0.15, 0.2) is 11.5 Å². The highest BCUT2D eigenvalue weighted by atomic mass is 32.2. The first-order valence-electron chi connectivity index (χ1n) is 8.43. The molecule has 0 saturated carbocycles. The van der Waals surface area contributed by atoms with Crippen molar-refractivity contribution < 1.29 is 22.1 Å². The van der Waals surface area contributed by atoms with Crippen molar-refractivity contribution in [3.8, 4) is 11.5 Å². The Morgan fingerprint density at radius 2 is 1.70 bits per heavy atom. The van der Waals surface area contributed by atoms with Crippen molar-refractivity contribution in [2.45, 2.75) is 11.8 Å². The highest BCUT2D eigenvalue weighted by Gasteiger charge is 2.32. The van der Waals surface area contributed by atoms with Crippen molar-refractivity contribution in [2.24, 2.45) is 0 Å². The van der Waals surface area contributed by atoms with E-state index in [0.29, 0.717) is 34.3 Å². The van der Waals surface area contributed by atoms with Crippen LogP contribution in [0.25, 0.3) is 10.8 Å². The molecule has 1 aliphatic rings. The molecule has 0 atom stereocenters. The van der Waals surface area contributed by atoms with Crippen molar-refractivity contribution in [1.82, 2.24) is 0 Å². The number of para-hydroxylation sites is 2. The number of rotatable bonds is 5. The molecular weight excluding hydrogens is 366 g/mol. The minimum absolute atomic E-state index is 0.0137. The zero-order valence-corrected chi connectivity index (χ0v) is 15.6. The van der Waals surface area contributed by atoms with E-state index in [1.165, 1.54) is 19.2 Å². The normalized spacial score (nSPS) is 13.3. The van der Waals surface area contributed by atoms with Crippen molar-refractivity contribution in [3.05, 3.63) is 60.2 Å². The minimum Gasteiger partial charge on any atom is -0.493 e. The average Bonchev–Trinajstić information content (AvgIpc) is 2.95. The molecule has 3 aromatic carbocycles. The van der Waals surface area contributed by atoms with E-state index in [1.54, 1.807) is 47.4 Å². The Morgan fingerprint density at radius 3 is 2.41 bits per heavy atom. The van der Waals surface area contributed by atoms with Crippen molar-refractivity contribution in [2.75, 3.05) is 18.6 Å². The maximum Gasteiger partial charge on any atom is 0.339 e. The lowest BCUT2D eigenvalue weighted by atomic mass is 10.1. The Labute approximate surface area is 157 Å². The minimum atomic E-state index is -4.13. The molecule has 27 heavy (non-hydrogen) atoms. The molecule has 0 saturated heterocycles. The standard InChI is InChI=1S/C20H17NO5S/c1-3-21-15-11-12-18(13-7-6-8-14(19(13)15)20(21)22)27(23,24)26-17-10-5-4-9-16(17)25-2/h4-12H,3H2,1-2H3. The molecule has 4 rings (SSSR count). The van der Waals surface area contributed by atoms with Gasteiger partial charge < -0.3 is 13.8 Å². The number of carbonyl (C=O) groups is 1. The first kappa shape index (κ1) is 17.4. The third kappa shape index (κ3) is 2.62. The van der Waals surface area contributed by atoms with Crippen LogP contribution in [0.2, 0.25) is 0 Å². The number of hydrogen-bond acceptors (Lipinski definition) is 5. The fourth-order valence-electron chi connectivity index (χ4n) is 3.40. The zero-order valence-electron chi connectivity index (χ0n) is 14.8. The molecule has 6 nitrogen and oxygen atoms in total. The summed E-state index contributed by atoms with van der Waals surface area (Å²) in [5.74, 6) is 0.298.